The van der Waals surface area contributed by atoms with Crippen LogP contribution in [0.2, 0.25) is 0 Å². The largest absolute Gasteiger partial charge is 0.490 e. The molecule has 2 amide bonds. The zero-order chi connectivity index (χ0) is 32.7. The first kappa shape index (κ1) is 30.6. The number of imidazole rings is 1. The van der Waals surface area contributed by atoms with Gasteiger partial charge in [0.15, 0.2) is 5.82 Å². The highest BCUT2D eigenvalue weighted by atomic mass is 79.9. The molecule has 7 rings (SSSR count). The van der Waals surface area contributed by atoms with Crippen molar-refractivity contribution in [1.29, 1.82) is 0 Å². The first-order valence-corrected chi connectivity index (χ1v) is 16.4. The fraction of sp³-hybridized carbons (Fsp3) is 0.250. The molecule has 2 aromatic heterocycles. The van der Waals surface area contributed by atoms with Crippen LogP contribution in [0.3, 0.4) is 0 Å². The van der Waals surface area contributed by atoms with Crippen LogP contribution in [0.1, 0.15) is 57.4 Å². The first-order valence-electron chi connectivity index (χ1n) is 15.6. The van der Waals surface area contributed by atoms with Crippen LogP contribution >= 0.6 is 15.9 Å². The number of carbonyl (C=O) groups is 2. The van der Waals surface area contributed by atoms with E-state index in [1.807, 2.05) is 62.4 Å². The summed E-state index contributed by atoms with van der Waals surface area (Å²) in [4.78, 5) is 52.6. The van der Waals surface area contributed by atoms with Gasteiger partial charge in [0.2, 0.25) is 0 Å². The van der Waals surface area contributed by atoms with Gasteiger partial charge < -0.3 is 15.0 Å². The number of nitrogens with one attached hydrogen (secondary N) is 1. The summed E-state index contributed by atoms with van der Waals surface area (Å²) in [5.41, 5.74) is 3.98. The standard InChI is InChI=1S/C36H33BrN6O4/c1-22-18-24(8-15-30(22)37)35(45)41-21-31-32(34(44)40-19-25-6-3-4-7-29(25)33-38-16-5-17-39-33)43(36(46)42(31)20-23(41)2)26-9-11-27(12-10-26)47-28-13-14-28/h3-12,15-18,23,28H,13-14,19-21H2,1-2H3,(H,40,44)/t23-/m1/s1. The molecule has 1 aliphatic carbocycles. The summed E-state index contributed by atoms with van der Waals surface area (Å²) >= 11 is 3.51. The topological polar surface area (TPSA) is 111 Å². The molecule has 0 radical (unpaired) electrons. The minimum Gasteiger partial charge on any atom is -0.490 e. The highest BCUT2D eigenvalue weighted by Gasteiger charge is 2.35. The Bertz CT molecular complexity index is 2040. The number of rotatable bonds is 8. The molecule has 10 nitrogen and oxygen atoms in total. The first-order chi connectivity index (χ1) is 22.8. The van der Waals surface area contributed by atoms with E-state index in [0.29, 0.717) is 28.5 Å². The van der Waals surface area contributed by atoms with Crippen molar-refractivity contribution in [2.75, 3.05) is 0 Å². The third-order valence-electron chi connectivity index (χ3n) is 8.61. The van der Waals surface area contributed by atoms with Crippen molar-refractivity contribution in [3.8, 4) is 22.8 Å². The average Bonchev–Trinajstić information content (AvgIpc) is 3.87. The quantitative estimate of drug-likeness (QED) is 0.224. The van der Waals surface area contributed by atoms with Gasteiger partial charge in [-0.05, 0) is 86.3 Å². The lowest BCUT2D eigenvalue weighted by atomic mass is 10.1. The summed E-state index contributed by atoms with van der Waals surface area (Å²) in [6.07, 6.45) is 5.65. The van der Waals surface area contributed by atoms with Crippen molar-refractivity contribution in [1.82, 2.24) is 29.3 Å². The second-order valence-electron chi connectivity index (χ2n) is 12.0. The molecule has 3 aromatic carbocycles. The number of hydrogen-bond donors (Lipinski definition) is 1. The number of nitrogens with zero attached hydrogens (tertiary/aromatic N) is 5. The smallest absolute Gasteiger partial charge is 0.333 e. The normalized spacial score (nSPS) is 15.6. The molecule has 1 atom stereocenters. The molecule has 47 heavy (non-hydrogen) atoms. The van der Waals surface area contributed by atoms with E-state index in [2.05, 4.69) is 31.2 Å². The van der Waals surface area contributed by atoms with E-state index < -0.39 is 5.91 Å². The van der Waals surface area contributed by atoms with E-state index in [1.54, 1.807) is 46.1 Å². The molecule has 2 aliphatic rings. The molecular formula is C36H33BrN6O4. The van der Waals surface area contributed by atoms with E-state index in [1.165, 1.54) is 4.57 Å². The minimum atomic E-state index is -0.431. The van der Waals surface area contributed by atoms with Crippen molar-refractivity contribution in [2.45, 2.75) is 58.5 Å². The van der Waals surface area contributed by atoms with Crippen LogP contribution in [0.25, 0.3) is 17.1 Å². The predicted octanol–water partition coefficient (Wildman–Crippen LogP) is 5.68. The summed E-state index contributed by atoms with van der Waals surface area (Å²) < 4.78 is 9.91. The number of benzene rings is 3. The molecule has 1 aliphatic heterocycles. The molecule has 1 fully saturated rings. The Balaban J connectivity index is 1.26. The molecule has 3 heterocycles. The van der Waals surface area contributed by atoms with E-state index >= 15 is 0 Å². The zero-order valence-electron chi connectivity index (χ0n) is 26.0. The summed E-state index contributed by atoms with van der Waals surface area (Å²) in [5, 5.41) is 3.04. The molecule has 1 saturated carbocycles. The number of carbonyl (C=O) groups excluding carboxylic acids is 2. The van der Waals surface area contributed by atoms with Crippen LogP contribution in [0.15, 0.2) is 94.5 Å². The number of ether oxygens (including phenoxy) is 1. The molecule has 0 unspecified atom stereocenters. The maximum Gasteiger partial charge on any atom is 0.333 e. The second kappa shape index (κ2) is 12.6. The van der Waals surface area contributed by atoms with Gasteiger partial charge in [-0.25, -0.2) is 14.8 Å². The Morgan fingerprint density at radius 1 is 1.00 bits per heavy atom. The van der Waals surface area contributed by atoms with Gasteiger partial charge in [0, 0.05) is 47.1 Å². The highest BCUT2D eigenvalue weighted by Crippen LogP contribution is 2.29. The number of aromatic nitrogens is 4. The fourth-order valence-corrected chi connectivity index (χ4v) is 6.19. The zero-order valence-corrected chi connectivity index (χ0v) is 27.6. The summed E-state index contributed by atoms with van der Waals surface area (Å²) in [5.74, 6) is 0.674. The van der Waals surface area contributed by atoms with Crippen LogP contribution < -0.4 is 15.7 Å². The Kier molecular flexibility index (Phi) is 8.23. The number of halogens is 1. The Hall–Kier alpha value is -5.03. The van der Waals surface area contributed by atoms with E-state index in [-0.39, 0.29) is 49.1 Å². The van der Waals surface area contributed by atoms with Crippen molar-refractivity contribution in [3.63, 3.8) is 0 Å². The van der Waals surface area contributed by atoms with Gasteiger partial charge in [0.1, 0.15) is 11.4 Å². The Morgan fingerprint density at radius 3 is 2.47 bits per heavy atom. The Morgan fingerprint density at radius 2 is 1.74 bits per heavy atom. The van der Waals surface area contributed by atoms with Crippen LogP contribution in [0, 0.1) is 6.92 Å². The van der Waals surface area contributed by atoms with Gasteiger partial charge in [-0.15, -0.1) is 0 Å². The van der Waals surface area contributed by atoms with Crippen molar-refractivity contribution in [3.05, 3.63) is 128 Å². The SMILES string of the molecule is Cc1cc(C(=O)N2Cc3c(C(=O)NCc4ccccc4-c4ncccn4)n(-c4ccc(OC5CC5)cc4)c(=O)n3C[C@H]2C)ccc1Br. The summed E-state index contributed by atoms with van der Waals surface area (Å²) in [7, 11) is 0. The van der Waals surface area contributed by atoms with Crippen LogP contribution in [-0.4, -0.2) is 48.0 Å². The van der Waals surface area contributed by atoms with E-state index in [0.717, 1.165) is 34.0 Å². The lowest BCUT2D eigenvalue weighted by molar-refractivity contribution is 0.0610. The molecule has 0 bridgehead atoms. The Labute approximate surface area is 280 Å². The van der Waals surface area contributed by atoms with Crippen LogP contribution in [0.5, 0.6) is 5.75 Å². The van der Waals surface area contributed by atoms with Gasteiger partial charge >= 0.3 is 5.69 Å². The predicted molar refractivity (Wildman–Crippen MR) is 181 cm³/mol. The molecule has 5 aromatic rings. The number of hydrogen-bond acceptors (Lipinski definition) is 6. The lowest BCUT2D eigenvalue weighted by Crippen LogP contribution is -2.47. The summed E-state index contributed by atoms with van der Waals surface area (Å²) in [6, 6.07) is 21.8. The molecule has 0 spiro atoms. The van der Waals surface area contributed by atoms with Gasteiger partial charge in [0.05, 0.1) is 24.0 Å². The van der Waals surface area contributed by atoms with E-state index in [4.69, 9.17) is 4.74 Å². The van der Waals surface area contributed by atoms with Gasteiger partial charge in [-0.1, -0.05) is 40.2 Å². The molecule has 0 saturated heterocycles. The lowest BCUT2D eigenvalue weighted by Gasteiger charge is -2.34. The van der Waals surface area contributed by atoms with Crippen molar-refractivity contribution in [2.24, 2.45) is 0 Å². The van der Waals surface area contributed by atoms with E-state index in [9.17, 15) is 14.4 Å². The van der Waals surface area contributed by atoms with Crippen LogP contribution in [0.4, 0.5) is 0 Å². The number of fused-ring (bicyclic) bond motifs is 1. The molecule has 238 valence electrons. The van der Waals surface area contributed by atoms with Crippen molar-refractivity contribution >= 4 is 27.7 Å². The number of amides is 2. The number of aryl methyl sites for hydroxylation is 1. The average molecular weight is 694 g/mol. The third kappa shape index (κ3) is 6.10. The molecule has 1 N–H and O–H groups in total. The van der Waals surface area contributed by atoms with Gasteiger partial charge in [-0.3, -0.25) is 18.7 Å². The highest BCUT2D eigenvalue weighted by molar-refractivity contribution is 9.10. The van der Waals surface area contributed by atoms with Gasteiger partial charge in [-0.2, -0.15) is 0 Å². The maximum atomic E-state index is 14.2. The van der Waals surface area contributed by atoms with Gasteiger partial charge in [0.25, 0.3) is 11.8 Å². The summed E-state index contributed by atoms with van der Waals surface area (Å²) in [6.45, 7) is 4.38. The monoisotopic (exact) mass is 692 g/mol. The molecule has 11 heteroatoms. The minimum absolute atomic E-state index is 0.0947. The molecular weight excluding hydrogens is 660 g/mol. The van der Waals surface area contributed by atoms with Crippen molar-refractivity contribution < 1.29 is 14.3 Å². The second-order valence-corrected chi connectivity index (χ2v) is 12.8. The third-order valence-corrected chi connectivity index (χ3v) is 9.50. The maximum absolute atomic E-state index is 14.2. The fourth-order valence-electron chi connectivity index (χ4n) is 5.95. The van der Waals surface area contributed by atoms with Crippen LogP contribution in [-0.2, 0) is 19.6 Å².